The minimum absolute atomic E-state index is 0.908. The molecule has 0 fully saturated rings. The van der Waals surface area contributed by atoms with Gasteiger partial charge in [0, 0.05) is 13.2 Å². The smallest absolute Gasteiger partial charge is 0.0466 e. The van der Waals surface area contributed by atoms with E-state index in [9.17, 15) is 0 Å². The number of hydrogen-bond donors (Lipinski definition) is 0. The van der Waals surface area contributed by atoms with E-state index in [4.69, 9.17) is 4.74 Å². The molecular weight excluding hydrogens is 208 g/mol. The van der Waals surface area contributed by atoms with Crippen molar-refractivity contribution in [3.8, 4) is 0 Å². The number of allylic oxidation sites excluding steroid dienone is 2. The molecule has 0 aromatic rings. The third-order valence-corrected chi connectivity index (χ3v) is 3.14. The molecule has 0 saturated carbocycles. The Balaban J connectivity index is 3.08. The molecule has 0 aliphatic heterocycles. The van der Waals surface area contributed by atoms with Crippen LogP contribution in [0.25, 0.3) is 0 Å². The van der Waals surface area contributed by atoms with Crippen LogP contribution in [0.5, 0.6) is 0 Å². The van der Waals surface area contributed by atoms with Crippen LogP contribution in [0.3, 0.4) is 0 Å². The van der Waals surface area contributed by atoms with Gasteiger partial charge < -0.3 is 4.74 Å². The van der Waals surface area contributed by atoms with Crippen LogP contribution in [-0.4, -0.2) is 13.2 Å². The molecule has 0 unspecified atom stereocenters. The highest BCUT2D eigenvalue weighted by molar-refractivity contribution is 4.92. The van der Waals surface area contributed by atoms with E-state index in [0.29, 0.717) is 0 Å². The Morgan fingerprint density at radius 3 is 1.53 bits per heavy atom. The van der Waals surface area contributed by atoms with Gasteiger partial charge in [-0.25, -0.2) is 0 Å². The molecule has 0 aliphatic rings. The zero-order valence-electron chi connectivity index (χ0n) is 11.9. The summed E-state index contributed by atoms with van der Waals surface area (Å²) in [7, 11) is 0. The molecule has 1 heteroatoms. The van der Waals surface area contributed by atoms with Crippen LogP contribution in [0.2, 0.25) is 0 Å². The maximum absolute atomic E-state index is 5.61. The van der Waals surface area contributed by atoms with Crippen molar-refractivity contribution in [2.75, 3.05) is 13.2 Å². The highest BCUT2D eigenvalue weighted by Crippen LogP contribution is 2.10. The summed E-state index contributed by atoms with van der Waals surface area (Å²) in [5.41, 5.74) is 2.73. The molecule has 100 valence electrons. The van der Waals surface area contributed by atoms with Crippen molar-refractivity contribution in [3.05, 3.63) is 24.3 Å². The van der Waals surface area contributed by atoms with Crippen LogP contribution < -0.4 is 0 Å². The lowest BCUT2D eigenvalue weighted by atomic mass is 10.1. The standard InChI is InChI=1S/C16H30O/c1-5-15(3)11-7-9-13-17-14-10-8-12-16(4)6-2/h3-14H2,1-2H3. The predicted molar refractivity (Wildman–Crippen MR) is 77.4 cm³/mol. The molecule has 0 heterocycles. The van der Waals surface area contributed by atoms with Gasteiger partial charge in [0.15, 0.2) is 0 Å². The van der Waals surface area contributed by atoms with Crippen molar-refractivity contribution < 1.29 is 4.74 Å². The number of hydrogen-bond acceptors (Lipinski definition) is 1. The zero-order valence-corrected chi connectivity index (χ0v) is 11.9. The van der Waals surface area contributed by atoms with Crippen molar-refractivity contribution in [1.29, 1.82) is 0 Å². The van der Waals surface area contributed by atoms with Crippen molar-refractivity contribution in [3.63, 3.8) is 0 Å². The average molecular weight is 238 g/mol. The van der Waals surface area contributed by atoms with Crippen molar-refractivity contribution in [1.82, 2.24) is 0 Å². The zero-order chi connectivity index (χ0) is 12.9. The van der Waals surface area contributed by atoms with Crippen LogP contribution >= 0.6 is 0 Å². The van der Waals surface area contributed by atoms with E-state index in [1.54, 1.807) is 0 Å². The van der Waals surface area contributed by atoms with Crippen LogP contribution in [0.1, 0.15) is 65.2 Å². The van der Waals surface area contributed by atoms with Crippen LogP contribution in [0, 0.1) is 0 Å². The Morgan fingerprint density at radius 1 is 0.765 bits per heavy atom. The second kappa shape index (κ2) is 11.9. The third kappa shape index (κ3) is 11.7. The third-order valence-electron chi connectivity index (χ3n) is 3.14. The molecule has 0 atom stereocenters. The van der Waals surface area contributed by atoms with Gasteiger partial charge in [0.2, 0.25) is 0 Å². The Morgan fingerprint density at radius 2 is 1.18 bits per heavy atom. The quantitative estimate of drug-likeness (QED) is 0.332. The molecule has 0 N–H and O–H groups in total. The molecule has 0 radical (unpaired) electrons. The molecular formula is C16H30O. The fourth-order valence-corrected chi connectivity index (χ4v) is 1.61. The summed E-state index contributed by atoms with van der Waals surface area (Å²) in [6.45, 7) is 14.2. The lowest BCUT2D eigenvalue weighted by Gasteiger charge is -2.05. The molecule has 17 heavy (non-hydrogen) atoms. The lowest BCUT2D eigenvalue weighted by Crippen LogP contribution is -1.97. The Bertz CT molecular complexity index is 184. The maximum atomic E-state index is 5.61. The minimum atomic E-state index is 0.908. The summed E-state index contributed by atoms with van der Waals surface area (Å²) in [5, 5.41) is 0. The second-order valence-corrected chi connectivity index (χ2v) is 4.73. The monoisotopic (exact) mass is 238 g/mol. The van der Waals surface area contributed by atoms with Crippen molar-refractivity contribution >= 4 is 0 Å². The summed E-state index contributed by atoms with van der Waals surface area (Å²) < 4.78 is 5.61. The van der Waals surface area contributed by atoms with Gasteiger partial charge in [-0.15, -0.1) is 0 Å². The van der Waals surface area contributed by atoms with E-state index in [2.05, 4.69) is 27.0 Å². The van der Waals surface area contributed by atoms with Crippen LogP contribution in [0.15, 0.2) is 24.3 Å². The second-order valence-electron chi connectivity index (χ2n) is 4.73. The van der Waals surface area contributed by atoms with Gasteiger partial charge in [0.1, 0.15) is 0 Å². The lowest BCUT2D eigenvalue weighted by molar-refractivity contribution is 0.127. The summed E-state index contributed by atoms with van der Waals surface area (Å²) in [6.07, 6.45) is 9.33. The number of unbranched alkanes of at least 4 members (excludes halogenated alkanes) is 2. The fourth-order valence-electron chi connectivity index (χ4n) is 1.61. The van der Waals surface area contributed by atoms with Gasteiger partial charge in [0.05, 0.1) is 0 Å². The van der Waals surface area contributed by atoms with Crippen molar-refractivity contribution in [2.24, 2.45) is 0 Å². The van der Waals surface area contributed by atoms with Crippen molar-refractivity contribution in [2.45, 2.75) is 65.2 Å². The first-order valence-electron chi connectivity index (χ1n) is 7.11. The molecule has 1 nitrogen and oxygen atoms in total. The SMILES string of the molecule is C=C(CC)CCCCOCCCCC(=C)CC. The largest absolute Gasteiger partial charge is 0.381 e. The Hall–Kier alpha value is -0.560. The van der Waals surface area contributed by atoms with Gasteiger partial charge in [-0.3, -0.25) is 0 Å². The molecule has 0 rings (SSSR count). The summed E-state index contributed by atoms with van der Waals surface area (Å²) in [4.78, 5) is 0. The molecule has 0 saturated heterocycles. The summed E-state index contributed by atoms with van der Waals surface area (Å²) in [6, 6.07) is 0. The van der Waals surface area contributed by atoms with Crippen LogP contribution in [0.4, 0.5) is 0 Å². The van der Waals surface area contributed by atoms with Gasteiger partial charge in [-0.05, 0) is 51.4 Å². The summed E-state index contributed by atoms with van der Waals surface area (Å²) in [5.74, 6) is 0. The molecule has 0 aliphatic carbocycles. The van der Waals surface area contributed by atoms with Gasteiger partial charge in [-0.2, -0.15) is 0 Å². The minimum Gasteiger partial charge on any atom is -0.381 e. The fraction of sp³-hybridized carbons (Fsp3) is 0.750. The highest BCUT2D eigenvalue weighted by atomic mass is 16.5. The van der Waals surface area contributed by atoms with Gasteiger partial charge >= 0.3 is 0 Å². The summed E-state index contributed by atoms with van der Waals surface area (Å²) >= 11 is 0. The Labute approximate surface area is 108 Å². The first kappa shape index (κ1) is 16.4. The first-order valence-corrected chi connectivity index (χ1v) is 7.11. The van der Waals surface area contributed by atoms with E-state index in [-0.39, 0.29) is 0 Å². The molecule has 0 aromatic carbocycles. The van der Waals surface area contributed by atoms with E-state index in [1.165, 1.54) is 36.8 Å². The normalized spacial score (nSPS) is 10.5. The molecule has 0 bridgehead atoms. The molecule has 0 spiro atoms. The van der Waals surface area contributed by atoms with E-state index >= 15 is 0 Å². The number of rotatable bonds is 12. The Kier molecular flexibility index (Phi) is 11.5. The molecule has 0 aromatic heterocycles. The predicted octanol–water partition coefficient (Wildman–Crippen LogP) is 5.28. The molecule has 0 amide bonds. The average Bonchev–Trinajstić information content (AvgIpc) is 2.35. The van der Waals surface area contributed by atoms with E-state index in [1.807, 2.05) is 0 Å². The first-order chi connectivity index (χ1) is 8.20. The van der Waals surface area contributed by atoms with Gasteiger partial charge in [-0.1, -0.05) is 38.2 Å². The number of ether oxygens (including phenoxy) is 1. The van der Waals surface area contributed by atoms with Gasteiger partial charge in [0.25, 0.3) is 0 Å². The highest BCUT2D eigenvalue weighted by Gasteiger charge is 1.94. The topological polar surface area (TPSA) is 9.23 Å². The van der Waals surface area contributed by atoms with E-state index in [0.717, 1.165) is 38.9 Å². The van der Waals surface area contributed by atoms with Crippen LogP contribution in [-0.2, 0) is 4.74 Å². The van der Waals surface area contributed by atoms with E-state index < -0.39 is 0 Å². The maximum Gasteiger partial charge on any atom is 0.0466 e.